The highest BCUT2D eigenvalue weighted by Gasteiger charge is 2.26. The van der Waals surface area contributed by atoms with Crippen molar-refractivity contribution in [2.24, 2.45) is 0 Å². The molecule has 0 saturated carbocycles. The summed E-state index contributed by atoms with van der Waals surface area (Å²) in [6.45, 7) is 10.3. The van der Waals surface area contributed by atoms with E-state index in [4.69, 9.17) is 0 Å². The lowest BCUT2D eigenvalue weighted by atomic mass is 10.1. The van der Waals surface area contributed by atoms with Crippen LogP contribution in [0.4, 0.5) is 0 Å². The molecule has 1 aliphatic heterocycles. The van der Waals surface area contributed by atoms with Crippen molar-refractivity contribution < 1.29 is 4.79 Å². The van der Waals surface area contributed by atoms with E-state index in [1.807, 2.05) is 24.9 Å². The van der Waals surface area contributed by atoms with Gasteiger partial charge in [-0.15, -0.1) is 12.4 Å². The van der Waals surface area contributed by atoms with Crippen molar-refractivity contribution in [2.75, 3.05) is 20.1 Å². The number of carbonyl (C=O) groups excluding carboxylic acids is 1. The van der Waals surface area contributed by atoms with Crippen molar-refractivity contribution in [3.05, 3.63) is 23.0 Å². The number of nitrogens with zero attached hydrogens (tertiary/aromatic N) is 2. The first-order valence-corrected chi connectivity index (χ1v) is 7.09. The summed E-state index contributed by atoms with van der Waals surface area (Å²) in [5.41, 5.74) is 3.09. The maximum atomic E-state index is 12.6. The van der Waals surface area contributed by atoms with Crippen molar-refractivity contribution >= 4 is 18.3 Å². The van der Waals surface area contributed by atoms with Gasteiger partial charge in [0.15, 0.2) is 0 Å². The average Bonchev–Trinajstić information content (AvgIpc) is 2.95. The van der Waals surface area contributed by atoms with E-state index in [0.717, 1.165) is 36.5 Å². The molecule has 0 aliphatic carbocycles. The first-order chi connectivity index (χ1) is 8.93. The second kappa shape index (κ2) is 6.64. The maximum absolute atomic E-state index is 12.6. The molecule has 4 nitrogen and oxygen atoms in total. The summed E-state index contributed by atoms with van der Waals surface area (Å²) >= 11 is 0. The van der Waals surface area contributed by atoms with E-state index in [1.54, 1.807) is 0 Å². The van der Waals surface area contributed by atoms with Crippen LogP contribution in [0.15, 0.2) is 6.07 Å². The predicted molar refractivity (Wildman–Crippen MR) is 84.9 cm³/mol. The van der Waals surface area contributed by atoms with Crippen LogP contribution in [-0.2, 0) is 0 Å². The molecule has 1 saturated heterocycles. The molecule has 5 heteroatoms. The second-order valence-electron chi connectivity index (χ2n) is 5.81. The normalized spacial score (nSPS) is 18.2. The third-order valence-corrected chi connectivity index (χ3v) is 4.13. The summed E-state index contributed by atoms with van der Waals surface area (Å²) in [5.74, 6) is 0.147. The number of halogens is 1. The van der Waals surface area contributed by atoms with Crippen LogP contribution in [0, 0.1) is 13.8 Å². The molecule has 1 amide bonds. The van der Waals surface area contributed by atoms with Crippen molar-refractivity contribution in [1.82, 2.24) is 14.8 Å². The molecular weight excluding hydrogens is 274 g/mol. The molecule has 0 spiro atoms. The van der Waals surface area contributed by atoms with E-state index < -0.39 is 0 Å². The number of rotatable bonds is 3. The number of hydrogen-bond donors (Lipinski definition) is 1. The lowest BCUT2D eigenvalue weighted by Gasteiger charge is -2.24. The van der Waals surface area contributed by atoms with Gasteiger partial charge in [-0.05, 0) is 46.7 Å². The quantitative estimate of drug-likeness (QED) is 0.931. The van der Waals surface area contributed by atoms with Crippen LogP contribution in [0.25, 0.3) is 0 Å². The SMILES string of the molecule is Cc1cc(C(=O)N(C)C2CCNC2)c(C)n1C(C)C.Cl. The molecule has 0 radical (unpaired) electrons. The molecule has 1 atom stereocenters. The summed E-state index contributed by atoms with van der Waals surface area (Å²) in [6.07, 6.45) is 1.05. The van der Waals surface area contributed by atoms with Gasteiger partial charge in [-0.2, -0.15) is 0 Å². The molecule has 0 aromatic carbocycles. The molecule has 1 aliphatic rings. The van der Waals surface area contributed by atoms with E-state index >= 15 is 0 Å². The Bertz CT molecular complexity index is 476. The third kappa shape index (κ3) is 3.01. The smallest absolute Gasteiger partial charge is 0.255 e. The fourth-order valence-corrected chi connectivity index (χ4v) is 3.11. The summed E-state index contributed by atoms with van der Waals surface area (Å²) in [5, 5.41) is 3.31. The van der Waals surface area contributed by atoms with Gasteiger partial charge < -0.3 is 14.8 Å². The Kier molecular flexibility index (Phi) is 5.66. The number of likely N-dealkylation sites (N-methyl/N-ethyl adjacent to an activating group) is 1. The van der Waals surface area contributed by atoms with Gasteiger partial charge in [-0.1, -0.05) is 0 Å². The van der Waals surface area contributed by atoms with Gasteiger partial charge in [0.25, 0.3) is 5.91 Å². The molecule has 20 heavy (non-hydrogen) atoms. The zero-order valence-corrected chi connectivity index (χ0v) is 13.9. The summed E-state index contributed by atoms with van der Waals surface area (Å²) in [7, 11) is 1.92. The summed E-state index contributed by atoms with van der Waals surface area (Å²) in [4.78, 5) is 14.5. The Morgan fingerprint density at radius 1 is 1.45 bits per heavy atom. The molecule has 114 valence electrons. The number of carbonyl (C=O) groups is 1. The minimum atomic E-state index is 0. The molecule has 1 aromatic heterocycles. The Balaban J connectivity index is 0.00000200. The minimum absolute atomic E-state index is 0. The topological polar surface area (TPSA) is 37.3 Å². The van der Waals surface area contributed by atoms with Crippen LogP contribution >= 0.6 is 12.4 Å². The van der Waals surface area contributed by atoms with Gasteiger partial charge in [0.1, 0.15) is 0 Å². The Morgan fingerprint density at radius 2 is 2.10 bits per heavy atom. The van der Waals surface area contributed by atoms with Gasteiger partial charge >= 0.3 is 0 Å². The number of hydrogen-bond acceptors (Lipinski definition) is 2. The largest absolute Gasteiger partial charge is 0.346 e. The first-order valence-electron chi connectivity index (χ1n) is 7.09. The van der Waals surface area contributed by atoms with Gasteiger partial charge in [0.05, 0.1) is 5.56 Å². The summed E-state index contributed by atoms with van der Waals surface area (Å²) < 4.78 is 2.23. The van der Waals surface area contributed by atoms with Crippen LogP contribution in [-0.4, -0.2) is 41.6 Å². The zero-order chi connectivity index (χ0) is 14.2. The third-order valence-electron chi connectivity index (χ3n) is 4.13. The lowest BCUT2D eigenvalue weighted by Crippen LogP contribution is -2.38. The van der Waals surface area contributed by atoms with E-state index in [-0.39, 0.29) is 18.3 Å². The van der Waals surface area contributed by atoms with Crippen LogP contribution in [0.3, 0.4) is 0 Å². The van der Waals surface area contributed by atoms with Crippen molar-refractivity contribution in [3.8, 4) is 0 Å². The average molecular weight is 300 g/mol. The molecule has 1 unspecified atom stereocenters. The van der Waals surface area contributed by atoms with Gasteiger partial charge in [0, 0.05) is 37.1 Å². The second-order valence-corrected chi connectivity index (χ2v) is 5.81. The fourth-order valence-electron chi connectivity index (χ4n) is 3.11. The van der Waals surface area contributed by atoms with Crippen molar-refractivity contribution in [2.45, 2.75) is 46.2 Å². The standard InChI is InChI=1S/C15H25N3O.ClH/c1-10(2)18-11(3)8-14(12(18)4)15(19)17(5)13-6-7-16-9-13;/h8,10,13,16H,6-7,9H2,1-5H3;1H. The van der Waals surface area contributed by atoms with Crippen LogP contribution in [0.1, 0.15) is 48.1 Å². The Hall–Kier alpha value is -1.000. The zero-order valence-electron chi connectivity index (χ0n) is 13.1. The van der Waals surface area contributed by atoms with Gasteiger partial charge in [0.2, 0.25) is 0 Å². The van der Waals surface area contributed by atoms with Crippen LogP contribution < -0.4 is 5.32 Å². The molecule has 2 rings (SSSR count). The van der Waals surface area contributed by atoms with Gasteiger partial charge in [-0.3, -0.25) is 4.79 Å². The van der Waals surface area contributed by atoms with Crippen LogP contribution in [0.2, 0.25) is 0 Å². The predicted octanol–water partition coefficient (Wildman–Crippen LogP) is 2.54. The monoisotopic (exact) mass is 299 g/mol. The molecule has 0 bridgehead atoms. The van der Waals surface area contributed by atoms with Gasteiger partial charge in [-0.25, -0.2) is 0 Å². The van der Waals surface area contributed by atoms with E-state index in [1.165, 1.54) is 0 Å². The van der Waals surface area contributed by atoms with E-state index in [2.05, 4.69) is 30.7 Å². The number of nitrogens with one attached hydrogen (secondary N) is 1. The fraction of sp³-hybridized carbons (Fsp3) is 0.667. The molecule has 1 fully saturated rings. The molecular formula is C15H26ClN3O. The maximum Gasteiger partial charge on any atom is 0.255 e. The van der Waals surface area contributed by atoms with Crippen molar-refractivity contribution in [1.29, 1.82) is 0 Å². The number of aromatic nitrogens is 1. The molecule has 1 aromatic rings. The molecule has 1 N–H and O–H groups in total. The lowest BCUT2D eigenvalue weighted by molar-refractivity contribution is 0.0743. The Labute approximate surface area is 127 Å². The van der Waals surface area contributed by atoms with Crippen LogP contribution in [0.5, 0.6) is 0 Å². The Morgan fingerprint density at radius 3 is 2.55 bits per heavy atom. The highest BCUT2D eigenvalue weighted by molar-refractivity contribution is 5.95. The molecule has 2 heterocycles. The highest BCUT2D eigenvalue weighted by Crippen LogP contribution is 2.22. The highest BCUT2D eigenvalue weighted by atomic mass is 35.5. The van der Waals surface area contributed by atoms with E-state index in [9.17, 15) is 4.79 Å². The summed E-state index contributed by atoms with van der Waals surface area (Å²) in [6, 6.07) is 2.74. The minimum Gasteiger partial charge on any atom is -0.346 e. The number of aryl methyl sites for hydroxylation is 1. The number of amides is 1. The van der Waals surface area contributed by atoms with Crippen molar-refractivity contribution in [3.63, 3.8) is 0 Å². The first kappa shape index (κ1) is 17.1. The van der Waals surface area contributed by atoms with E-state index in [0.29, 0.717) is 12.1 Å².